The van der Waals surface area contributed by atoms with Crippen LogP contribution >= 0.6 is 0 Å². The second-order valence-electron chi connectivity index (χ2n) is 3.10. The number of hydrogen-bond donors (Lipinski definition) is 1. The van der Waals surface area contributed by atoms with Gasteiger partial charge in [0.15, 0.2) is 0 Å². The lowest BCUT2D eigenvalue weighted by atomic mass is 10.2. The van der Waals surface area contributed by atoms with Crippen molar-refractivity contribution in [2.75, 3.05) is 18.1 Å². The molecule has 0 saturated carbocycles. The molecular formula is C10H14N2. The zero-order valence-electron chi connectivity index (χ0n) is 7.16. The van der Waals surface area contributed by atoms with E-state index in [9.17, 15) is 0 Å². The summed E-state index contributed by atoms with van der Waals surface area (Å²) in [5.41, 5.74) is 4.64. The first kappa shape index (κ1) is 7.62. The van der Waals surface area contributed by atoms with Gasteiger partial charge < -0.3 is 5.01 Å². The highest BCUT2D eigenvalue weighted by molar-refractivity contribution is 5.44. The smallest absolute Gasteiger partial charge is 0.0519 e. The molecule has 0 spiro atoms. The van der Waals surface area contributed by atoms with Crippen molar-refractivity contribution >= 4 is 5.69 Å². The fourth-order valence-electron chi connectivity index (χ4n) is 1.52. The standard InChI is InChI=1S/C10H14N2/c1-2-6-10(7-3-1)12-9-5-4-8-11-12/h1-3,6-7,11H,4-5,8-9H2. The first-order chi connectivity index (χ1) is 5.97. The first-order valence-corrected chi connectivity index (χ1v) is 4.53. The van der Waals surface area contributed by atoms with Crippen molar-refractivity contribution in [2.24, 2.45) is 0 Å². The number of para-hydroxylation sites is 1. The summed E-state index contributed by atoms with van der Waals surface area (Å²) < 4.78 is 0. The molecule has 2 rings (SSSR count). The van der Waals surface area contributed by atoms with Gasteiger partial charge in [-0.15, -0.1) is 0 Å². The van der Waals surface area contributed by atoms with E-state index in [0.29, 0.717) is 0 Å². The lowest BCUT2D eigenvalue weighted by Crippen LogP contribution is -2.43. The Balaban J connectivity index is 2.08. The van der Waals surface area contributed by atoms with Crippen LogP contribution in [0.5, 0.6) is 0 Å². The van der Waals surface area contributed by atoms with Gasteiger partial charge in [0.25, 0.3) is 0 Å². The minimum Gasteiger partial charge on any atom is -0.308 e. The van der Waals surface area contributed by atoms with E-state index < -0.39 is 0 Å². The number of nitrogens with one attached hydrogen (secondary N) is 1. The Morgan fingerprint density at radius 1 is 1.08 bits per heavy atom. The zero-order chi connectivity index (χ0) is 8.23. The van der Waals surface area contributed by atoms with Crippen LogP contribution in [0.2, 0.25) is 0 Å². The summed E-state index contributed by atoms with van der Waals surface area (Å²) in [4.78, 5) is 0. The quantitative estimate of drug-likeness (QED) is 0.677. The van der Waals surface area contributed by atoms with Gasteiger partial charge >= 0.3 is 0 Å². The number of hydrogen-bond acceptors (Lipinski definition) is 2. The van der Waals surface area contributed by atoms with Gasteiger partial charge in [0.1, 0.15) is 0 Å². The molecule has 0 atom stereocenters. The molecule has 0 aromatic heterocycles. The number of benzene rings is 1. The molecule has 1 heterocycles. The maximum atomic E-state index is 3.37. The van der Waals surface area contributed by atoms with Crippen LogP contribution in [0.3, 0.4) is 0 Å². The van der Waals surface area contributed by atoms with Crippen LogP contribution in [0.25, 0.3) is 0 Å². The van der Waals surface area contributed by atoms with E-state index in [-0.39, 0.29) is 0 Å². The van der Waals surface area contributed by atoms with Crippen molar-refractivity contribution in [2.45, 2.75) is 12.8 Å². The van der Waals surface area contributed by atoms with Crippen molar-refractivity contribution in [1.29, 1.82) is 0 Å². The fraction of sp³-hybridized carbons (Fsp3) is 0.400. The molecule has 0 bridgehead atoms. The Morgan fingerprint density at radius 2 is 1.92 bits per heavy atom. The normalized spacial score (nSPS) is 17.8. The Bertz CT molecular complexity index is 227. The van der Waals surface area contributed by atoms with Gasteiger partial charge in [-0.05, 0) is 25.0 Å². The maximum Gasteiger partial charge on any atom is 0.0519 e. The molecule has 1 aliphatic heterocycles. The molecule has 2 heteroatoms. The van der Waals surface area contributed by atoms with Gasteiger partial charge in [-0.2, -0.15) is 0 Å². The van der Waals surface area contributed by atoms with Crippen LogP contribution in [0.1, 0.15) is 12.8 Å². The molecular weight excluding hydrogens is 148 g/mol. The molecule has 0 unspecified atom stereocenters. The lowest BCUT2D eigenvalue weighted by Gasteiger charge is -2.29. The van der Waals surface area contributed by atoms with Gasteiger partial charge in [0.05, 0.1) is 5.69 Å². The molecule has 12 heavy (non-hydrogen) atoms. The molecule has 1 aromatic carbocycles. The van der Waals surface area contributed by atoms with E-state index in [2.05, 4.69) is 34.7 Å². The van der Waals surface area contributed by atoms with Crippen LogP contribution in [-0.2, 0) is 0 Å². The predicted molar refractivity (Wildman–Crippen MR) is 51.0 cm³/mol. The minimum atomic E-state index is 1.11. The van der Waals surface area contributed by atoms with Crippen molar-refractivity contribution < 1.29 is 0 Å². The Morgan fingerprint density at radius 3 is 2.58 bits per heavy atom. The van der Waals surface area contributed by atoms with E-state index in [1.165, 1.54) is 18.5 Å². The summed E-state index contributed by atoms with van der Waals surface area (Å²) in [5.74, 6) is 0. The predicted octanol–water partition coefficient (Wildman–Crippen LogP) is 1.79. The van der Waals surface area contributed by atoms with Crippen LogP contribution in [0.15, 0.2) is 30.3 Å². The summed E-state index contributed by atoms with van der Waals surface area (Å²) >= 11 is 0. The number of rotatable bonds is 1. The van der Waals surface area contributed by atoms with Crippen LogP contribution in [-0.4, -0.2) is 13.1 Å². The molecule has 1 aromatic rings. The summed E-state index contributed by atoms with van der Waals surface area (Å²) in [6.07, 6.45) is 2.59. The van der Waals surface area contributed by atoms with Crippen LogP contribution in [0, 0.1) is 0 Å². The van der Waals surface area contributed by atoms with Gasteiger partial charge in [0.2, 0.25) is 0 Å². The molecule has 1 aliphatic rings. The average Bonchev–Trinajstić information content (AvgIpc) is 2.21. The Kier molecular flexibility index (Phi) is 2.28. The number of hydrazine groups is 1. The third-order valence-electron chi connectivity index (χ3n) is 2.18. The van der Waals surface area contributed by atoms with Crippen LogP contribution < -0.4 is 10.4 Å². The van der Waals surface area contributed by atoms with E-state index in [4.69, 9.17) is 0 Å². The molecule has 1 N–H and O–H groups in total. The van der Waals surface area contributed by atoms with E-state index in [1.54, 1.807) is 0 Å². The second-order valence-corrected chi connectivity index (χ2v) is 3.10. The molecule has 0 radical (unpaired) electrons. The van der Waals surface area contributed by atoms with Gasteiger partial charge in [-0.25, -0.2) is 5.43 Å². The summed E-state index contributed by atoms with van der Waals surface area (Å²) in [6.45, 7) is 2.24. The van der Waals surface area contributed by atoms with E-state index >= 15 is 0 Å². The highest BCUT2D eigenvalue weighted by atomic mass is 15.5. The third-order valence-corrected chi connectivity index (χ3v) is 2.18. The monoisotopic (exact) mass is 162 g/mol. The summed E-state index contributed by atoms with van der Waals surface area (Å²) in [7, 11) is 0. The van der Waals surface area contributed by atoms with Crippen LogP contribution in [0.4, 0.5) is 5.69 Å². The zero-order valence-corrected chi connectivity index (χ0v) is 7.16. The maximum absolute atomic E-state index is 3.37. The van der Waals surface area contributed by atoms with Crippen molar-refractivity contribution in [1.82, 2.24) is 5.43 Å². The third kappa shape index (κ3) is 1.59. The molecule has 2 nitrogen and oxygen atoms in total. The molecule has 1 saturated heterocycles. The highest BCUT2D eigenvalue weighted by Gasteiger charge is 2.08. The average molecular weight is 162 g/mol. The van der Waals surface area contributed by atoms with Crippen molar-refractivity contribution in [3.05, 3.63) is 30.3 Å². The topological polar surface area (TPSA) is 15.3 Å². The summed E-state index contributed by atoms with van der Waals surface area (Å²) in [5, 5.41) is 2.23. The van der Waals surface area contributed by atoms with Crippen molar-refractivity contribution in [3.8, 4) is 0 Å². The second kappa shape index (κ2) is 3.59. The molecule has 1 fully saturated rings. The Hall–Kier alpha value is -1.02. The van der Waals surface area contributed by atoms with Gasteiger partial charge in [0, 0.05) is 13.1 Å². The van der Waals surface area contributed by atoms with Gasteiger partial charge in [-0.3, -0.25) is 0 Å². The SMILES string of the molecule is c1ccc(N2CCCCN2)cc1. The minimum absolute atomic E-state index is 1.11. The largest absolute Gasteiger partial charge is 0.308 e. The number of anilines is 1. The van der Waals surface area contributed by atoms with Gasteiger partial charge in [-0.1, -0.05) is 18.2 Å². The summed E-state index contributed by atoms with van der Waals surface area (Å²) in [6, 6.07) is 10.5. The molecule has 0 aliphatic carbocycles. The fourth-order valence-corrected chi connectivity index (χ4v) is 1.52. The van der Waals surface area contributed by atoms with Crippen molar-refractivity contribution in [3.63, 3.8) is 0 Å². The first-order valence-electron chi connectivity index (χ1n) is 4.53. The van der Waals surface area contributed by atoms with E-state index in [1.807, 2.05) is 6.07 Å². The van der Waals surface area contributed by atoms with E-state index in [0.717, 1.165) is 13.1 Å². The molecule has 64 valence electrons. The highest BCUT2D eigenvalue weighted by Crippen LogP contribution is 2.13. The number of nitrogens with zero attached hydrogens (tertiary/aromatic N) is 1. The molecule has 0 amide bonds. The lowest BCUT2D eigenvalue weighted by molar-refractivity contribution is 0.512. The Labute approximate surface area is 73.2 Å².